The van der Waals surface area contributed by atoms with Gasteiger partial charge in [-0.2, -0.15) is 5.26 Å². The van der Waals surface area contributed by atoms with Crippen molar-refractivity contribution in [2.45, 2.75) is 25.3 Å². The highest BCUT2D eigenvalue weighted by Gasteiger charge is 2.17. The molecule has 144 valence electrons. The van der Waals surface area contributed by atoms with Crippen molar-refractivity contribution in [2.75, 3.05) is 18.0 Å². The van der Waals surface area contributed by atoms with E-state index in [4.69, 9.17) is 11.5 Å². The molecule has 0 aliphatic carbocycles. The van der Waals surface area contributed by atoms with Crippen molar-refractivity contribution < 1.29 is 4.79 Å². The number of carbonyl (C=O) groups excluding carboxylic acids is 1. The Labute approximate surface area is 168 Å². The average Bonchev–Trinajstić information content (AvgIpc) is 3.41. The van der Waals surface area contributed by atoms with Crippen molar-refractivity contribution in [3.8, 4) is 6.07 Å². The van der Waals surface area contributed by atoms with Crippen molar-refractivity contribution in [2.24, 2.45) is 11.5 Å². The van der Waals surface area contributed by atoms with E-state index in [9.17, 15) is 10.1 Å². The number of fused-ring (bicyclic) bond motifs is 1. The number of nitriles is 1. The first kappa shape index (κ1) is 19.8. The molecule has 3 aromatic rings. The second-order valence-electron chi connectivity index (χ2n) is 6.65. The van der Waals surface area contributed by atoms with Gasteiger partial charge in [-0.05, 0) is 36.4 Å². The van der Waals surface area contributed by atoms with Gasteiger partial charge in [0.25, 0.3) is 0 Å². The number of amides is 1. The molecule has 3 heterocycles. The zero-order valence-corrected chi connectivity index (χ0v) is 16.4. The third kappa shape index (κ3) is 4.85. The van der Waals surface area contributed by atoms with Crippen molar-refractivity contribution in [1.82, 2.24) is 4.98 Å². The second-order valence-corrected chi connectivity index (χ2v) is 7.68. The number of pyridine rings is 1. The molecule has 28 heavy (non-hydrogen) atoms. The molecule has 0 bridgehead atoms. The smallest absolute Gasteiger partial charge is 0.234 e. The van der Waals surface area contributed by atoms with Crippen molar-refractivity contribution in [1.29, 1.82) is 5.26 Å². The maximum absolute atomic E-state index is 10.5. The summed E-state index contributed by atoms with van der Waals surface area (Å²) in [6.07, 6.45) is 2.94. The number of aromatic nitrogens is 1. The first-order chi connectivity index (χ1) is 13.6. The Morgan fingerprint density at radius 2 is 2.00 bits per heavy atom. The number of primary amides is 1. The molecule has 7 heteroatoms. The van der Waals surface area contributed by atoms with Gasteiger partial charge in [-0.15, -0.1) is 11.3 Å². The number of nitrogens with two attached hydrogens (primary N) is 2. The molecule has 1 fully saturated rings. The van der Waals surface area contributed by atoms with Gasteiger partial charge in [0.05, 0.1) is 17.1 Å². The molecule has 0 spiro atoms. The first-order valence-electron chi connectivity index (χ1n) is 9.20. The first-order valence-corrected chi connectivity index (χ1v) is 10.1. The highest BCUT2D eigenvalue weighted by molar-refractivity contribution is 7.09. The van der Waals surface area contributed by atoms with Crippen LogP contribution < -0.4 is 16.4 Å². The predicted molar refractivity (Wildman–Crippen MR) is 113 cm³/mol. The van der Waals surface area contributed by atoms with E-state index in [0.29, 0.717) is 12.0 Å². The molecule has 1 saturated heterocycles. The van der Waals surface area contributed by atoms with Crippen LogP contribution in [0, 0.1) is 11.3 Å². The summed E-state index contributed by atoms with van der Waals surface area (Å²) in [7, 11) is 0. The maximum Gasteiger partial charge on any atom is 0.234 e. The zero-order valence-electron chi connectivity index (χ0n) is 15.5. The van der Waals surface area contributed by atoms with Gasteiger partial charge in [-0.1, -0.05) is 24.3 Å². The quantitative estimate of drug-likeness (QED) is 0.708. The van der Waals surface area contributed by atoms with Crippen LogP contribution in [0.1, 0.15) is 23.3 Å². The van der Waals surface area contributed by atoms with Gasteiger partial charge in [0, 0.05) is 29.8 Å². The lowest BCUT2D eigenvalue weighted by Gasteiger charge is -2.18. The van der Waals surface area contributed by atoms with Crippen LogP contribution >= 0.6 is 11.3 Å². The number of para-hydroxylation sites is 1. The van der Waals surface area contributed by atoms with E-state index < -0.39 is 11.9 Å². The number of anilines is 1. The Bertz CT molecular complexity index is 974. The molecule has 1 aliphatic heterocycles. The lowest BCUT2D eigenvalue weighted by molar-refractivity contribution is -0.119. The SMILES string of the molecule is N#Cc1cc2ccccc2nc1N1CCCC1.NC(=O)[C@@H](N)Cc1cccs1. The minimum absolute atomic E-state index is 0.446. The molecule has 1 amide bonds. The van der Waals surface area contributed by atoms with Crippen molar-refractivity contribution >= 4 is 34.0 Å². The second kappa shape index (κ2) is 9.31. The van der Waals surface area contributed by atoms with Gasteiger partial charge < -0.3 is 16.4 Å². The molecule has 0 unspecified atom stereocenters. The van der Waals surface area contributed by atoms with E-state index >= 15 is 0 Å². The van der Waals surface area contributed by atoms with Crippen LogP contribution in [0.2, 0.25) is 0 Å². The molecule has 6 nitrogen and oxygen atoms in total. The molecule has 1 aromatic carbocycles. The fourth-order valence-corrected chi connectivity index (χ4v) is 3.87. The van der Waals surface area contributed by atoms with E-state index in [0.717, 1.165) is 34.7 Å². The molecule has 2 aromatic heterocycles. The molecule has 1 aliphatic rings. The normalized spacial score (nSPS) is 14.2. The van der Waals surface area contributed by atoms with Crippen LogP contribution in [0.4, 0.5) is 5.82 Å². The fourth-order valence-electron chi connectivity index (χ4n) is 3.10. The van der Waals surface area contributed by atoms with Gasteiger partial charge in [0.1, 0.15) is 11.9 Å². The van der Waals surface area contributed by atoms with Crippen LogP contribution in [-0.4, -0.2) is 30.0 Å². The number of carbonyl (C=O) groups is 1. The Kier molecular flexibility index (Phi) is 6.58. The van der Waals surface area contributed by atoms with E-state index in [1.165, 1.54) is 12.8 Å². The molecule has 4 rings (SSSR count). The standard InChI is InChI=1S/C14H13N3.C7H10N2OS/c15-10-12-9-11-5-1-2-6-13(11)16-14(12)17-7-3-4-8-17;8-6(7(9)10)4-5-2-1-3-11-5/h1-2,5-6,9H,3-4,7-8H2;1-3,6H,4,8H2,(H2,9,10)/t;6-/m.0/s1. The number of rotatable bonds is 4. The van der Waals surface area contributed by atoms with Crippen LogP contribution in [-0.2, 0) is 11.2 Å². The highest BCUT2D eigenvalue weighted by atomic mass is 32.1. The van der Waals surface area contributed by atoms with Crippen molar-refractivity contribution in [3.63, 3.8) is 0 Å². The Morgan fingerprint density at radius 1 is 1.25 bits per heavy atom. The number of hydrogen-bond donors (Lipinski definition) is 2. The summed E-state index contributed by atoms with van der Waals surface area (Å²) in [6, 6.07) is 15.5. The minimum Gasteiger partial charge on any atom is -0.368 e. The largest absolute Gasteiger partial charge is 0.368 e. The fraction of sp³-hybridized carbons (Fsp3) is 0.286. The number of benzene rings is 1. The van der Waals surface area contributed by atoms with E-state index in [1.807, 2.05) is 47.8 Å². The molecular weight excluding hydrogens is 370 g/mol. The minimum atomic E-state index is -0.548. The lowest BCUT2D eigenvalue weighted by atomic mass is 10.1. The highest BCUT2D eigenvalue weighted by Crippen LogP contribution is 2.25. The lowest BCUT2D eigenvalue weighted by Crippen LogP contribution is -2.37. The van der Waals surface area contributed by atoms with E-state index in [-0.39, 0.29) is 0 Å². The molecule has 4 N–H and O–H groups in total. The average molecular weight is 394 g/mol. The van der Waals surface area contributed by atoms with Gasteiger partial charge >= 0.3 is 0 Å². The van der Waals surface area contributed by atoms with Crippen LogP contribution in [0.3, 0.4) is 0 Å². The van der Waals surface area contributed by atoms with Gasteiger partial charge in [0.15, 0.2) is 0 Å². The summed E-state index contributed by atoms with van der Waals surface area (Å²) < 4.78 is 0. The van der Waals surface area contributed by atoms with Crippen molar-refractivity contribution in [3.05, 3.63) is 58.3 Å². The monoisotopic (exact) mass is 393 g/mol. The summed E-state index contributed by atoms with van der Waals surface area (Å²) in [5.41, 5.74) is 12.1. The third-order valence-electron chi connectivity index (χ3n) is 4.60. The third-order valence-corrected chi connectivity index (χ3v) is 5.50. The number of nitrogens with zero attached hydrogens (tertiary/aromatic N) is 3. The zero-order chi connectivity index (χ0) is 19.9. The van der Waals surface area contributed by atoms with Crippen LogP contribution in [0.15, 0.2) is 47.8 Å². The number of thiophene rings is 1. The van der Waals surface area contributed by atoms with E-state index in [2.05, 4.69) is 16.0 Å². The van der Waals surface area contributed by atoms with Gasteiger partial charge in [0.2, 0.25) is 5.91 Å². The summed E-state index contributed by atoms with van der Waals surface area (Å²) in [6.45, 7) is 2.03. The summed E-state index contributed by atoms with van der Waals surface area (Å²) >= 11 is 1.58. The van der Waals surface area contributed by atoms with E-state index in [1.54, 1.807) is 11.3 Å². The summed E-state index contributed by atoms with van der Waals surface area (Å²) in [5.74, 6) is 0.405. The molecule has 0 radical (unpaired) electrons. The van der Waals surface area contributed by atoms with Crippen LogP contribution in [0.5, 0.6) is 0 Å². The number of hydrogen-bond acceptors (Lipinski definition) is 6. The van der Waals surface area contributed by atoms with Gasteiger partial charge in [-0.3, -0.25) is 4.79 Å². The molecular formula is C21H23N5OS. The molecule has 0 saturated carbocycles. The molecule has 1 atom stereocenters. The summed E-state index contributed by atoms with van der Waals surface area (Å²) in [5, 5.41) is 12.2. The Hall–Kier alpha value is -2.95. The summed E-state index contributed by atoms with van der Waals surface area (Å²) in [4.78, 5) is 18.5. The Balaban J connectivity index is 0.000000178. The van der Waals surface area contributed by atoms with Crippen LogP contribution in [0.25, 0.3) is 10.9 Å². The Morgan fingerprint density at radius 3 is 2.64 bits per heavy atom. The topological polar surface area (TPSA) is 109 Å². The van der Waals surface area contributed by atoms with Gasteiger partial charge in [-0.25, -0.2) is 4.98 Å². The maximum atomic E-state index is 10.5. The predicted octanol–water partition coefficient (Wildman–Crippen LogP) is 2.81.